The number of carbonyl (C=O) groups is 1. The summed E-state index contributed by atoms with van der Waals surface area (Å²) in [6.07, 6.45) is 4.05. The van der Waals surface area contributed by atoms with Gasteiger partial charge in [-0.2, -0.15) is 5.26 Å². The lowest BCUT2D eigenvalue weighted by Crippen LogP contribution is -2.06. The third-order valence-electron chi connectivity index (χ3n) is 1.79. The minimum Gasteiger partial charge on any atom is -0.462 e. The molecular weight excluding hydrogens is 210 g/mol. The number of rotatable bonds is 8. The van der Waals surface area contributed by atoms with Crippen LogP contribution in [0.5, 0.6) is 0 Å². The van der Waals surface area contributed by atoms with Gasteiger partial charge in [-0.3, -0.25) is 0 Å². The summed E-state index contributed by atoms with van der Waals surface area (Å²) in [5.41, 5.74) is 0.445. The van der Waals surface area contributed by atoms with Gasteiger partial charge in [0.1, 0.15) is 5.40 Å². The summed E-state index contributed by atoms with van der Waals surface area (Å²) >= 11 is 1.29. The van der Waals surface area contributed by atoms with Crippen molar-refractivity contribution in [3.8, 4) is 5.40 Å². The van der Waals surface area contributed by atoms with Gasteiger partial charge in [0.25, 0.3) is 0 Å². The van der Waals surface area contributed by atoms with Crippen molar-refractivity contribution in [1.82, 2.24) is 0 Å². The standard InChI is InChI=1S/C11H17NO2S/c1-10(2)11(13)14-7-5-3-4-6-8-15-9-12/h1,3-8H2,2H3. The van der Waals surface area contributed by atoms with Crippen LogP contribution in [0.4, 0.5) is 0 Å². The van der Waals surface area contributed by atoms with Crippen LogP contribution in [0.2, 0.25) is 0 Å². The van der Waals surface area contributed by atoms with Crippen molar-refractivity contribution in [3.05, 3.63) is 12.2 Å². The van der Waals surface area contributed by atoms with E-state index < -0.39 is 0 Å². The Labute approximate surface area is 95.5 Å². The van der Waals surface area contributed by atoms with Gasteiger partial charge in [0.15, 0.2) is 0 Å². The fourth-order valence-electron chi connectivity index (χ4n) is 0.964. The van der Waals surface area contributed by atoms with E-state index in [2.05, 4.69) is 6.58 Å². The van der Waals surface area contributed by atoms with Crippen LogP contribution in [0.1, 0.15) is 32.6 Å². The average molecular weight is 227 g/mol. The fourth-order valence-corrected chi connectivity index (χ4v) is 1.40. The van der Waals surface area contributed by atoms with E-state index in [4.69, 9.17) is 10.00 Å². The van der Waals surface area contributed by atoms with Crippen molar-refractivity contribution in [2.24, 2.45) is 0 Å². The number of esters is 1. The first kappa shape index (κ1) is 14.1. The van der Waals surface area contributed by atoms with Gasteiger partial charge < -0.3 is 4.74 Å². The Kier molecular flexibility index (Phi) is 8.99. The molecule has 0 spiro atoms. The molecule has 4 heteroatoms. The Morgan fingerprint density at radius 2 is 2.07 bits per heavy atom. The summed E-state index contributed by atoms with van der Waals surface area (Å²) in [7, 11) is 0. The normalized spacial score (nSPS) is 9.33. The zero-order valence-electron chi connectivity index (χ0n) is 9.12. The van der Waals surface area contributed by atoms with Crippen LogP contribution < -0.4 is 0 Å². The number of hydrogen-bond acceptors (Lipinski definition) is 4. The van der Waals surface area contributed by atoms with E-state index in [1.807, 2.05) is 5.40 Å². The molecule has 0 heterocycles. The van der Waals surface area contributed by atoms with E-state index in [1.54, 1.807) is 6.92 Å². The zero-order chi connectivity index (χ0) is 11.5. The number of nitriles is 1. The number of thiocyanates is 1. The molecule has 0 amide bonds. The average Bonchev–Trinajstić information content (AvgIpc) is 2.21. The molecule has 3 nitrogen and oxygen atoms in total. The third-order valence-corrected chi connectivity index (χ3v) is 2.41. The largest absolute Gasteiger partial charge is 0.462 e. The molecule has 84 valence electrons. The number of carbonyl (C=O) groups excluding carboxylic acids is 1. The second-order valence-electron chi connectivity index (χ2n) is 3.27. The summed E-state index contributed by atoms with van der Waals surface area (Å²) < 4.78 is 4.94. The molecule has 0 fully saturated rings. The molecule has 0 saturated carbocycles. The van der Waals surface area contributed by atoms with Crippen LogP contribution in [0.3, 0.4) is 0 Å². The first-order chi connectivity index (χ1) is 7.18. The van der Waals surface area contributed by atoms with Gasteiger partial charge in [-0.25, -0.2) is 4.79 Å². The minimum atomic E-state index is -0.310. The SMILES string of the molecule is C=C(C)C(=O)OCCCCCCSC#N. The Bertz CT molecular complexity index is 245. The molecule has 0 bridgehead atoms. The summed E-state index contributed by atoms with van der Waals surface area (Å²) in [6, 6.07) is 0. The maximum atomic E-state index is 11.0. The highest BCUT2D eigenvalue weighted by Crippen LogP contribution is 2.06. The molecule has 0 radical (unpaired) electrons. The molecule has 0 aliphatic rings. The van der Waals surface area contributed by atoms with Crippen LogP contribution in [-0.4, -0.2) is 18.3 Å². The smallest absolute Gasteiger partial charge is 0.333 e. The molecule has 0 saturated heterocycles. The van der Waals surface area contributed by atoms with Crippen molar-refractivity contribution in [2.45, 2.75) is 32.6 Å². The third kappa shape index (κ3) is 9.36. The maximum absolute atomic E-state index is 11.0. The molecular formula is C11H17NO2S. The number of thioether (sulfide) groups is 1. The Balaban J connectivity index is 3.15. The van der Waals surface area contributed by atoms with E-state index in [1.165, 1.54) is 11.8 Å². The lowest BCUT2D eigenvalue weighted by molar-refractivity contribution is -0.139. The van der Waals surface area contributed by atoms with Crippen LogP contribution in [-0.2, 0) is 9.53 Å². The van der Waals surface area contributed by atoms with E-state index >= 15 is 0 Å². The lowest BCUT2D eigenvalue weighted by atomic mass is 10.2. The van der Waals surface area contributed by atoms with Crippen molar-refractivity contribution in [3.63, 3.8) is 0 Å². The zero-order valence-corrected chi connectivity index (χ0v) is 9.94. The van der Waals surface area contributed by atoms with E-state index in [-0.39, 0.29) is 5.97 Å². The van der Waals surface area contributed by atoms with Crippen LogP contribution >= 0.6 is 11.8 Å². The van der Waals surface area contributed by atoms with Gasteiger partial charge in [0, 0.05) is 11.3 Å². The Hall–Kier alpha value is -0.950. The fraction of sp³-hybridized carbons (Fsp3) is 0.636. The van der Waals surface area contributed by atoms with Crippen molar-refractivity contribution >= 4 is 17.7 Å². The Morgan fingerprint density at radius 1 is 1.40 bits per heavy atom. The van der Waals surface area contributed by atoms with E-state index in [0.717, 1.165) is 31.4 Å². The molecule has 0 unspecified atom stereocenters. The van der Waals surface area contributed by atoms with Crippen molar-refractivity contribution in [2.75, 3.05) is 12.4 Å². The molecule has 0 aromatic heterocycles. The highest BCUT2D eigenvalue weighted by molar-refractivity contribution is 8.03. The second kappa shape index (κ2) is 9.60. The van der Waals surface area contributed by atoms with Gasteiger partial charge in [-0.05, 0) is 31.5 Å². The van der Waals surface area contributed by atoms with Gasteiger partial charge >= 0.3 is 5.97 Å². The van der Waals surface area contributed by atoms with E-state index in [9.17, 15) is 4.79 Å². The monoisotopic (exact) mass is 227 g/mol. The molecule has 0 aromatic rings. The number of ether oxygens (including phenoxy) is 1. The van der Waals surface area contributed by atoms with Crippen LogP contribution in [0.25, 0.3) is 0 Å². The molecule has 0 aromatic carbocycles. The maximum Gasteiger partial charge on any atom is 0.333 e. The summed E-state index contributed by atoms with van der Waals surface area (Å²) in [6.45, 7) is 5.61. The van der Waals surface area contributed by atoms with Crippen LogP contribution in [0.15, 0.2) is 12.2 Å². The molecule has 0 atom stereocenters. The molecule has 0 aliphatic carbocycles. The van der Waals surface area contributed by atoms with Crippen LogP contribution in [0, 0.1) is 10.7 Å². The van der Waals surface area contributed by atoms with Gasteiger partial charge in [-0.15, -0.1) is 0 Å². The first-order valence-electron chi connectivity index (χ1n) is 5.02. The topological polar surface area (TPSA) is 50.1 Å². The first-order valence-corrected chi connectivity index (χ1v) is 6.00. The van der Waals surface area contributed by atoms with Crippen molar-refractivity contribution < 1.29 is 9.53 Å². The molecule has 15 heavy (non-hydrogen) atoms. The highest BCUT2D eigenvalue weighted by Gasteiger charge is 2.01. The Morgan fingerprint density at radius 3 is 2.67 bits per heavy atom. The second-order valence-corrected chi connectivity index (χ2v) is 4.15. The van der Waals surface area contributed by atoms with Gasteiger partial charge in [-0.1, -0.05) is 19.4 Å². The summed E-state index contributed by atoms with van der Waals surface area (Å²) in [5.74, 6) is 0.581. The van der Waals surface area contributed by atoms with Gasteiger partial charge in [0.05, 0.1) is 6.61 Å². The highest BCUT2D eigenvalue weighted by atomic mass is 32.2. The predicted molar refractivity (Wildman–Crippen MR) is 62.3 cm³/mol. The number of nitrogens with zero attached hydrogens (tertiary/aromatic N) is 1. The number of hydrogen-bond donors (Lipinski definition) is 0. The summed E-state index contributed by atoms with van der Waals surface area (Å²) in [4.78, 5) is 11.0. The molecule has 0 aliphatic heterocycles. The lowest BCUT2D eigenvalue weighted by Gasteiger charge is -2.03. The predicted octanol–water partition coefficient (Wildman–Crippen LogP) is 2.88. The molecule has 0 N–H and O–H groups in total. The van der Waals surface area contributed by atoms with Gasteiger partial charge in [0.2, 0.25) is 0 Å². The minimum absolute atomic E-state index is 0.310. The van der Waals surface area contributed by atoms with E-state index in [0.29, 0.717) is 12.2 Å². The quantitative estimate of drug-likeness (QED) is 0.277. The number of unbranched alkanes of at least 4 members (excludes halogenated alkanes) is 3. The summed E-state index contributed by atoms with van der Waals surface area (Å²) in [5, 5.41) is 10.3. The van der Waals surface area contributed by atoms with Crippen molar-refractivity contribution in [1.29, 1.82) is 5.26 Å². The molecule has 0 rings (SSSR count).